The van der Waals surface area contributed by atoms with Crippen LogP contribution in [0, 0.1) is 41.4 Å². The van der Waals surface area contributed by atoms with Gasteiger partial charge in [-0.1, -0.05) is 52.0 Å². The number of rotatable bonds is 8. The van der Waals surface area contributed by atoms with E-state index in [4.69, 9.17) is 0 Å². The van der Waals surface area contributed by atoms with Gasteiger partial charge in [0, 0.05) is 13.1 Å². The van der Waals surface area contributed by atoms with E-state index in [1.54, 1.807) is 25.7 Å². The van der Waals surface area contributed by atoms with Gasteiger partial charge in [-0.2, -0.15) is 0 Å². The molecule has 2 nitrogen and oxygen atoms in total. The van der Waals surface area contributed by atoms with Gasteiger partial charge >= 0.3 is 0 Å². The Kier molecular flexibility index (Phi) is 9.40. The van der Waals surface area contributed by atoms with Crippen LogP contribution < -0.4 is 0 Å². The fourth-order valence-corrected chi connectivity index (χ4v) is 8.73. The molecule has 0 aromatic heterocycles. The number of unbranched alkanes of at least 4 members (excludes halogenated alkanes) is 2. The predicted octanol–water partition coefficient (Wildman–Crippen LogP) is 8.41. The van der Waals surface area contributed by atoms with E-state index < -0.39 is 0 Å². The van der Waals surface area contributed by atoms with Gasteiger partial charge in [0.2, 0.25) is 5.91 Å². The Bertz CT molecular complexity index is 612. The highest BCUT2D eigenvalue weighted by atomic mass is 16.2. The van der Waals surface area contributed by atoms with Gasteiger partial charge in [0.15, 0.2) is 0 Å². The summed E-state index contributed by atoms with van der Waals surface area (Å²) >= 11 is 0. The lowest BCUT2D eigenvalue weighted by Gasteiger charge is -2.47. The van der Waals surface area contributed by atoms with Crippen molar-refractivity contribution in [2.45, 2.75) is 129 Å². The molecule has 1 amide bonds. The van der Waals surface area contributed by atoms with Crippen molar-refractivity contribution < 1.29 is 4.79 Å². The smallest absolute Gasteiger partial charge is 0.245 e. The Labute approximate surface area is 205 Å². The van der Waals surface area contributed by atoms with Gasteiger partial charge in [0.25, 0.3) is 0 Å². The zero-order chi connectivity index (χ0) is 23.2. The molecule has 4 saturated carbocycles. The minimum atomic E-state index is 0.0979. The molecule has 188 valence electrons. The predicted molar refractivity (Wildman–Crippen MR) is 140 cm³/mol. The van der Waals surface area contributed by atoms with Gasteiger partial charge in [-0.15, -0.1) is 0 Å². The maximum absolute atomic E-state index is 12.0. The lowest BCUT2D eigenvalue weighted by atomic mass is 9.59. The Morgan fingerprint density at radius 1 is 0.727 bits per heavy atom. The van der Waals surface area contributed by atoms with Crippen molar-refractivity contribution >= 4 is 5.91 Å². The summed E-state index contributed by atoms with van der Waals surface area (Å²) in [7, 11) is 1.97. The first-order valence-corrected chi connectivity index (χ1v) is 15.0. The minimum Gasteiger partial charge on any atom is -0.339 e. The number of carbonyl (C=O) groups excluding carboxylic acids is 1. The van der Waals surface area contributed by atoms with Crippen LogP contribution in [0.5, 0.6) is 0 Å². The van der Waals surface area contributed by atoms with Crippen LogP contribution in [0.25, 0.3) is 0 Å². The molecular weight excluding hydrogens is 402 g/mol. The van der Waals surface area contributed by atoms with Crippen molar-refractivity contribution in [1.82, 2.24) is 4.90 Å². The van der Waals surface area contributed by atoms with Gasteiger partial charge in [0.1, 0.15) is 0 Å². The summed E-state index contributed by atoms with van der Waals surface area (Å²) in [4.78, 5) is 13.9. The molecule has 0 radical (unpaired) electrons. The van der Waals surface area contributed by atoms with E-state index in [1.807, 2.05) is 11.9 Å². The van der Waals surface area contributed by atoms with E-state index >= 15 is 0 Å². The van der Waals surface area contributed by atoms with Crippen molar-refractivity contribution in [3.63, 3.8) is 0 Å². The third kappa shape index (κ3) is 6.46. The van der Waals surface area contributed by atoms with E-state index in [2.05, 4.69) is 13.5 Å². The summed E-state index contributed by atoms with van der Waals surface area (Å²) in [6, 6.07) is 0.445. The van der Waals surface area contributed by atoms with Crippen molar-refractivity contribution in [3.05, 3.63) is 12.7 Å². The summed E-state index contributed by atoms with van der Waals surface area (Å²) in [6.07, 6.45) is 27.7. The Morgan fingerprint density at radius 3 is 1.67 bits per heavy atom. The number of hydrogen-bond donors (Lipinski definition) is 0. The average molecular weight is 456 g/mol. The van der Waals surface area contributed by atoms with Crippen LogP contribution in [-0.2, 0) is 4.79 Å². The van der Waals surface area contributed by atoms with Crippen LogP contribution in [0.4, 0.5) is 0 Å². The summed E-state index contributed by atoms with van der Waals surface area (Å²) in [6.45, 7) is 6.00. The second-order valence-corrected chi connectivity index (χ2v) is 12.7. The van der Waals surface area contributed by atoms with Crippen molar-refractivity contribution in [2.75, 3.05) is 7.05 Å². The molecule has 4 aliphatic carbocycles. The third-order valence-corrected chi connectivity index (χ3v) is 10.9. The highest BCUT2D eigenvalue weighted by molar-refractivity contribution is 5.87. The maximum Gasteiger partial charge on any atom is 0.245 e. The summed E-state index contributed by atoms with van der Waals surface area (Å²) in [5, 5.41) is 0. The van der Waals surface area contributed by atoms with E-state index in [1.165, 1.54) is 96.0 Å². The fraction of sp³-hybridized carbons (Fsp3) is 0.903. The van der Waals surface area contributed by atoms with E-state index in [0.717, 1.165) is 41.4 Å². The van der Waals surface area contributed by atoms with Crippen LogP contribution in [0.3, 0.4) is 0 Å². The molecule has 0 N–H and O–H groups in total. The SMILES string of the molecule is C=CC(=O)N(C)C1CCC(C2CCC3CC(C4CCC(CCCCC)CC4)CCC3C2)CC1. The average Bonchev–Trinajstić information content (AvgIpc) is 2.88. The molecule has 4 fully saturated rings. The molecule has 4 aliphatic rings. The van der Waals surface area contributed by atoms with Gasteiger partial charge in [-0.25, -0.2) is 0 Å². The Balaban J connectivity index is 1.18. The first kappa shape index (κ1) is 25.3. The number of hydrogen-bond acceptors (Lipinski definition) is 1. The topological polar surface area (TPSA) is 20.3 Å². The standard InChI is InChI=1S/C31H53NO/c1-4-6-7-8-23-9-11-24(12-10-23)26-13-15-29-22-27(14-16-28(29)21-26)25-17-19-30(20-18-25)32(3)31(33)5-2/h5,23-30H,2,4,6-22H2,1,3H3. The Morgan fingerprint density at radius 2 is 1.18 bits per heavy atom. The first-order valence-electron chi connectivity index (χ1n) is 15.0. The lowest BCUT2D eigenvalue weighted by Crippen LogP contribution is -2.41. The molecular formula is C31H53NO. The van der Waals surface area contributed by atoms with Crippen molar-refractivity contribution in [2.24, 2.45) is 41.4 Å². The Hall–Kier alpha value is -0.790. The van der Waals surface area contributed by atoms with Crippen molar-refractivity contribution in [1.29, 1.82) is 0 Å². The summed E-state index contributed by atoms with van der Waals surface area (Å²) in [5.74, 6) is 7.27. The zero-order valence-electron chi connectivity index (χ0n) is 22.0. The molecule has 0 aromatic rings. The number of likely N-dealkylation sites (N-methyl/N-ethyl adjacent to an activating group) is 1. The quantitative estimate of drug-likeness (QED) is 0.266. The van der Waals surface area contributed by atoms with E-state index in [9.17, 15) is 4.79 Å². The molecule has 0 aliphatic heterocycles. The maximum atomic E-state index is 12.0. The number of nitrogens with zero attached hydrogens (tertiary/aromatic N) is 1. The largest absolute Gasteiger partial charge is 0.339 e. The van der Waals surface area contributed by atoms with Gasteiger partial charge in [-0.3, -0.25) is 4.79 Å². The molecule has 0 saturated heterocycles. The summed E-state index contributed by atoms with van der Waals surface area (Å²) in [5.41, 5.74) is 0. The second kappa shape index (κ2) is 12.3. The number of amides is 1. The van der Waals surface area contributed by atoms with Crippen molar-refractivity contribution in [3.8, 4) is 0 Å². The molecule has 2 heteroatoms. The first-order chi connectivity index (χ1) is 16.1. The van der Waals surface area contributed by atoms with Gasteiger partial charge in [-0.05, 0) is 125 Å². The van der Waals surface area contributed by atoms with Crippen LogP contribution in [0.15, 0.2) is 12.7 Å². The lowest BCUT2D eigenvalue weighted by molar-refractivity contribution is -0.127. The molecule has 0 heterocycles. The van der Waals surface area contributed by atoms with Crippen LogP contribution in [-0.4, -0.2) is 23.9 Å². The minimum absolute atomic E-state index is 0.0979. The van der Waals surface area contributed by atoms with Gasteiger partial charge in [0.05, 0.1) is 0 Å². The molecule has 4 atom stereocenters. The van der Waals surface area contributed by atoms with E-state index in [0.29, 0.717) is 6.04 Å². The molecule has 0 bridgehead atoms. The second-order valence-electron chi connectivity index (χ2n) is 12.7. The molecule has 33 heavy (non-hydrogen) atoms. The monoisotopic (exact) mass is 455 g/mol. The van der Waals surface area contributed by atoms with E-state index in [-0.39, 0.29) is 5.91 Å². The fourth-order valence-electron chi connectivity index (χ4n) is 8.73. The van der Waals surface area contributed by atoms with Crippen LogP contribution in [0.2, 0.25) is 0 Å². The molecule has 0 aromatic carbocycles. The number of carbonyl (C=O) groups is 1. The number of fused-ring (bicyclic) bond motifs is 1. The molecule has 4 rings (SSSR count). The van der Waals surface area contributed by atoms with Crippen LogP contribution in [0.1, 0.15) is 122 Å². The van der Waals surface area contributed by atoms with Gasteiger partial charge < -0.3 is 4.90 Å². The highest BCUT2D eigenvalue weighted by Gasteiger charge is 2.41. The molecule has 4 unspecified atom stereocenters. The molecule has 0 spiro atoms. The van der Waals surface area contributed by atoms with Crippen LogP contribution >= 0.6 is 0 Å². The third-order valence-electron chi connectivity index (χ3n) is 10.9. The highest BCUT2D eigenvalue weighted by Crippen LogP contribution is 2.51. The normalized spacial score (nSPS) is 39.5. The summed E-state index contributed by atoms with van der Waals surface area (Å²) < 4.78 is 0. The zero-order valence-corrected chi connectivity index (χ0v) is 22.0.